The third-order valence-electron chi connectivity index (χ3n) is 4.46. The molecule has 0 radical (unpaired) electrons. The number of nitrogens with zero attached hydrogens (tertiary/aromatic N) is 1. The first-order valence-corrected chi connectivity index (χ1v) is 9.25. The van der Waals surface area contributed by atoms with Crippen LogP contribution in [-0.2, 0) is 14.3 Å². The summed E-state index contributed by atoms with van der Waals surface area (Å²) >= 11 is 5.96. The molecule has 0 unspecified atom stereocenters. The molecule has 0 spiro atoms. The number of ether oxygens (including phenoxy) is 1. The molecule has 3 aromatic rings. The number of hydrogen-bond acceptors (Lipinski definition) is 5. The monoisotopic (exact) mass is 422 g/mol. The second-order valence-electron chi connectivity index (χ2n) is 6.39. The minimum atomic E-state index is -0.541. The summed E-state index contributed by atoms with van der Waals surface area (Å²) in [5.74, 6) is -0.617. The molecule has 150 valence electrons. The Bertz CT molecular complexity index is 1180. The highest BCUT2D eigenvalue weighted by molar-refractivity contribution is 6.33. The van der Waals surface area contributed by atoms with Crippen LogP contribution in [0.15, 0.2) is 70.7 Å². The summed E-state index contributed by atoms with van der Waals surface area (Å²) in [4.78, 5) is 36.5. The number of carbonyl (C=O) groups is 3. The van der Waals surface area contributed by atoms with Gasteiger partial charge in [-0.2, -0.15) is 0 Å². The molecule has 0 bridgehead atoms. The van der Waals surface area contributed by atoms with E-state index in [1.807, 2.05) is 0 Å². The van der Waals surface area contributed by atoms with Crippen molar-refractivity contribution in [1.29, 1.82) is 0 Å². The van der Waals surface area contributed by atoms with Gasteiger partial charge in [-0.25, -0.2) is 9.80 Å². The van der Waals surface area contributed by atoms with Crippen LogP contribution in [0.3, 0.4) is 0 Å². The molecule has 1 aliphatic rings. The normalized spacial score (nSPS) is 14.9. The number of anilines is 1. The van der Waals surface area contributed by atoms with Gasteiger partial charge in [0, 0.05) is 10.6 Å². The van der Waals surface area contributed by atoms with E-state index >= 15 is 0 Å². The SMILES string of the molecule is COC(=O)c1ccc(-c2ccc(C=C3C(=O)NN(c4cccc(Cl)c4)C3=O)o2)cc1. The molecular weight excluding hydrogens is 408 g/mol. The summed E-state index contributed by atoms with van der Waals surface area (Å²) in [5, 5.41) is 1.58. The van der Waals surface area contributed by atoms with Crippen molar-refractivity contribution in [2.45, 2.75) is 0 Å². The lowest BCUT2D eigenvalue weighted by Gasteiger charge is -2.14. The second kappa shape index (κ2) is 7.88. The first-order chi connectivity index (χ1) is 14.5. The first kappa shape index (κ1) is 19.5. The minimum Gasteiger partial charge on any atom is -0.465 e. The molecule has 1 aliphatic heterocycles. The largest absolute Gasteiger partial charge is 0.465 e. The number of benzene rings is 2. The average molecular weight is 423 g/mol. The summed E-state index contributed by atoms with van der Waals surface area (Å²) in [6.07, 6.45) is 1.38. The van der Waals surface area contributed by atoms with Gasteiger partial charge in [0.05, 0.1) is 18.4 Å². The maximum atomic E-state index is 12.7. The number of esters is 1. The molecule has 4 rings (SSSR count). The van der Waals surface area contributed by atoms with Crippen LogP contribution in [0.2, 0.25) is 5.02 Å². The number of furan rings is 1. The minimum absolute atomic E-state index is 0.0584. The van der Waals surface area contributed by atoms with Gasteiger partial charge in [-0.15, -0.1) is 0 Å². The number of hydrogen-bond donors (Lipinski definition) is 1. The Morgan fingerprint density at radius 3 is 2.57 bits per heavy atom. The molecule has 2 heterocycles. The van der Waals surface area contributed by atoms with Crippen molar-refractivity contribution >= 4 is 41.1 Å². The van der Waals surface area contributed by atoms with Gasteiger partial charge in [-0.05, 0) is 48.5 Å². The van der Waals surface area contributed by atoms with E-state index in [1.165, 1.54) is 13.2 Å². The molecule has 1 fully saturated rings. The first-order valence-electron chi connectivity index (χ1n) is 8.87. The van der Waals surface area contributed by atoms with Crippen LogP contribution in [-0.4, -0.2) is 24.9 Å². The van der Waals surface area contributed by atoms with Crippen molar-refractivity contribution in [2.24, 2.45) is 0 Å². The molecule has 2 aromatic carbocycles. The molecule has 8 heteroatoms. The number of rotatable bonds is 4. The van der Waals surface area contributed by atoms with E-state index in [-0.39, 0.29) is 5.57 Å². The van der Waals surface area contributed by atoms with Gasteiger partial charge < -0.3 is 9.15 Å². The van der Waals surface area contributed by atoms with Gasteiger partial charge in [0.1, 0.15) is 17.1 Å². The lowest BCUT2D eigenvalue weighted by atomic mass is 10.1. The van der Waals surface area contributed by atoms with E-state index in [4.69, 9.17) is 16.0 Å². The predicted octanol–water partition coefficient (Wildman–Crippen LogP) is 3.85. The standard InChI is InChI=1S/C22H15ClN2O5/c1-29-22(28)14-7-5-13(6-8-14)19-10-9-17(30-19)12-18-20(26)24-25(21(18)27)16-4-2-3-15(23)11-16/h2-12H,1H3,(H,24,26). The quantitative estimate of drug-likeness (QED) is 0.392. The molecule has 0 saturated carbocycles. The van der Waals surface area contributed by atoms with Crippen LogP contribution in [0.25, 0.3) is 17.4 Å². The van der Waals surface area contributed by atoms with Crippen LogP contribution in [0, 0.1) is 0 Å². The summed E-state index contributed by atoms with van der Waals surface area (Å²) < 4.78 is 10.4. The van der Waals surface area contributed by atoms with Crippen LogP contribution < -0.4 is 10.4 Å². The molecule has 0 atom stereocenters. The van der Waals surface area contributed by atoms with E-state index in [9.17, 15) is 14.4 Å². The Morgan fingerprint density at radius 2 is 1.87 bits per heavy atom. The molecule has 7 nitrogen and oxygen atoms in total. The molecule has 0 aliphatic carbocycles. The lowest BCUT2D eigenvalue weighted by Crippen LogP contribution is -2.35. The smallest absolute Gasteiger partial charge is 0.337 e. The number of hydrazine groups is 1. The average Bonchev–Trinajstić information content (AvgIpc) is 3.33. The Morgan fingerprint density at radius 1 is 1.10 bits per heavy atom. The van der Waals surface area contributed by atoms with E-state index in [2.05, 4.69) is 10.2 Å². The van der Waals surface area contributed by atoms with E-state index < -0.39 is 17.8 Å². The number of amides is 2. The maximum Gasteiger partial charge on any atom is 0.337 e. The van der Waals surface area contributed by atoms with Crippen LogP contribution in [0.1, 0.15) is 16.1 Å². The van der Waals surface area contributed by atoms with Gasteiger partial charge in [-0.3, -0.25) is 15.0 Å². The number of nitrogens with one attached hydrogen (secondary N) is 1. The fourth-order valence-corrected chi connectivity index (χ4v) is 3.16. The molecule has 1 saturated heterocycles. The maximum absolute atomic E-state index is 12.7. The van der Waals surface area contributed by atoms with Crippen molar-refractivity contribution in [3.05, 3.63) is 82.6 Å². The Kier molecular flexibility index (Phi) is 5.12. The van der Waals surface area contributed by atoms with E-state index in [1.54, 1.807) is 60.7 Å². The summed E-state index contributed by atoms with van der Waals surface area (Å²) in [5.41, 5.74) is 4.06. The van der Waals surface area contributed by atoms with Crippen molar-refractivity contribution in [2.75, 3.05) is 12.1 Å². The topological polar surface area (TPSA) is 88.9 Å². The van der Waals surface area contributed by atoms with Gasteiger partial charge >= 0.3 is 5.97 Å². The van der Waals surface area contributed by atoms with Crippen molar-refractivity contribution in [3.63, 3.8) is 0 Å². The molecule has 30 heavy (non-hydrogen) atoms. The summed E-state index contributed by atoms with van der Waals surface area (Å²) in [6, 6.07) is 16.6. The zero-order chi connectivity index (χ0) is 21.3. The Hall–Kier alpha value is -3.84. The van der Waals surface area contributed by atoms with E-state index in [0.717, 1.165) is 10.6 Å². The number of carbonyl (C=O) groups excluding carboxylic acids is 3. The lowest BCUT2D eigenvalue weighted by molar-refractivity contribution is -0.117. The number of halogens is 1. The van der Waals surface area contributed by atoms with Crippen molar-refractivity contribution < 1.29 is 23.5 Å². The van der Waals surface area contributed by atoms with E-state index in [0.29, 0.717) is 27.8 Å². The predicted molar refractivity (Wildman–Crippen MR) is 111 cm³/mol. The Balaban J connectivity index is 1.57. The zero-order valence-electron chi connectivity index (χ0n) is 15.7. The molecule has 2 amide bonds. The third-order valence-corrected chi connectivity index (χ3v) is 4.70. The van der Waals surface area contributed by atoms with Crippen LogP contribution in [0.5, 0.6) is 0 Å². The highest BCUT2D eigenvalue weighted by Crippen LogP contribution is 2.27. The highest BCUT2D eigenvalue weighted by Gasteiger charge is 2.34. The van der Waals surface area contributed by atoms with Crippen LogP contribution >= 0.6 is 11.6 Å². The van der Waals surface area contributed by atoms with Crippen LogP contribution in [0.4, 0.5) is 5.69 Å². The molecular formula is C22H15ClN2O5. The highest BCUT2D eigenvalue weighted by atomic mass is 35.5. The number of methoxy groups -OCH3 is 1. The van der Waals surface area contributed by atoms with Gasteiger partial charge in [0.2, 0.25) is 0 Å². The van der Waals surface area contributed by atoms with Gasteiger partial charge in [0.15, 0.2) is 0 Å². The zero-order valence-corrected chi connectivity index (χ0v) is 16.5. The fourth-order valence-electron chi connectivity index (χ4n) is 2.97. The Labute approximate surface area is 176 Å². The third kappa shape index (κ3) is 3.70. The van der Waals surface area contributed by atoms with Crippen molar-refractivity contribution in [1.82, 2.24) is 5.43 Å². The molecule has 1 N–H and O–H groups in total. The fraction of sp³-hybridized carbons (Fsp3) is 0.0455. The summed E-state index contributed by atoms with van der Waals surface area (Å²) in [7, 11) is 1.32. The second-order valence-corrected chi connectivity index (χ2v) is 6.83. The summed E-state index contributed by atoms with van der Waals surface area (Å²) in [6.45, 7) is 0. The van der Waals surface area contributed by atoms with Gasteiger partial charge in [0.25, 0.3) is 11.8 Å². The van der Waals surface area contributed by atoms with Crippen molar-refractivity contribution in [3.8, 4) is 11.3 Å². The molecule has 1 aromatic heterocycles. The van der Waals surface area contributed by atoms with Gasteiger partial charge in [-0.1, -0.05) is 29.8 Å².